The first-order valence-corrected chi connectivity index (χ1v) is 6.84. The quantitative estimate of drug-likeness (QED) is 0.796. The maximum atomic E-state index is 13.1. The summed E-state index contributed by atoms with van der Waals surface area (Å²) in [5.41, 5.74) is 1.35. The number of nitrogens with zero attached hydrogens (tertiary/aromatic N) is 2. The van der Waals surface area contributed by atoms with Gasteiger partial charge in [-0.3, -0.25) is 9.69 Å². The molecule has 1 heterocycles. The van der Waals surface area contributed by atoms with E-state index in [2.05, 4.69) is 0 Å². The molecular formula is C15H19F3N2O. The highest BCUT2D eigenvalue weighted by Crippen LogP contribution is 2.29. The molecule has 21 heavy (non-hydrogen) atoms. The van der Waals surface area contributed by atoms with Crippen LogP contribution in [-0.2, 0) is 0 Å². The van der Waals surface area contributed by atoms with Crippen LogP contribution in [0.15, 0.2) is 24.3 Å². The van der Waals surface area contributed by atoms with Gasteiger partial charge in [0.05, 0.1) is 0 Å². The Bertz CT molecular complexity index is 530. The summed E-state index contributed by atoms with van der Waals surface area (Å²) in [6, 6.07) is 4.98. The fourth-order valence-electron chi connectivity index (χ4n) is 2.63. The Morgan fingerprint density at radius 2 is 1.95 bits per heavy atom. The van der Waals surface area contributed by atoms with Crippen LogP contribution in [0.2, 0.25) is 0 Å². The van der Waals surface area contributed by atoms with Gasteiger partial charge in [0.15, 0.2) is 0 Å². The molecule has 1 aliphatic rings. The zero-order valence-electron chi connectivity index (χ0n) is 12.3. The lowest BCUT2D eigenvalue weighted by molar-refractivity contribution is -0.197. The van der Waals surface area contributed by atoms with Crippen molar-refractivity contribution >= 4 is 5.91 Å². The van der Waals surface area contributed by atoms with Gasteiger partial charge >= 0.3 is 6.18 Å². The lowest BCUT2D eigenvalue weighted by atomic mass is 10.0. The predicted octanol–water partition coefficient (Wildman–Crippen LogP) is 2.70. The first-order chi connectivity index (χ1) is 9.70. The molecule has 2 atom stereocenters. The number of rotatable bonds is 1. The highest BCUT2D eigenvalue weighted by atomic mass is 19.4. The highest BCUT2D eigenvalue weighted by Gasteiger charge is 2.47. The van der Waals surface area contributed by atoms with Gasteiger partial charge in [-0.1, -0.05) is 17.7 Å². The Balaban J connectivity index is 2.22. The maximum absolute atomic E-state index is 13.1. The molecule has 1 aromatic rings. The molecule has 0 spiro atoms. The number of benzene rings is 1. The predicted molar refractivity (Wildman–Crippen MR) is 74.2 cm³/mol. The fourth-order valence-corrected chi connectivity index (χ4v) is 2.63. The number of likely N-dealkylation sites (N-methyl/N-ethyl adjacent to an activating group) is 1. The Labute approximate surface area is 122 Å². The minimum absolute atomic E-state index is 0.301. The van der Waals surface area contributed by atoms with Crippen molar-refractivity contribution < 1.29 is 18.0 Å². The van der Waals surface area contributed by atoms with Gasteiger partial charge in [0, 0.05) is 24.7 Å². The molecule has 1 saturated heterocycles. The second-order valence-electron chi connectivity index (χ2n) is 5.65. The van der Waals surface area contributed by atoms with Gasteiger partial charge in [-0.2, -0.15) is 13.2 Å². The number of piperazine rings is 1. The van der Waals surface area contributed by atoms with Gasteiger partial charge in [0.1, 0.15) is 6.04 Å². The summed E-state index contributed by atoms with van der Waals surface area (Å²) in [5.74, 6) is -0.340. The van der Waals surface area contributed by atoms with Gasteiger partial charge in [-0.25, -0.2) is 0 Å². The summed E-state index contributed by atoms with van der Waals surface area (Å²) >= 11 is 0. The van der Waals surface area contributed by atoms with Gasteiger partial charge in [-0.15, -0.1) is 0 Å². The zero-order chi connectivity index (χ0) is 15.8. The third kappa shape index (κ3) is 3.37. The average molecular weight is 300 g/mol. The number of halogens is 3. The molecular weight excluding hydrogens is 281 g/mol. The molecule has 1 aromatic carbocycles. The van der Waals surface area contributed by atoms with Crippen LogP contribution >= 0.6 is 0 Å². The molecule has 2 unspecified atom stereocenters. The van der Waals surface area contributed by atoms with Gasteiger partial charge in [-0.05, 0) is 33.0 Å². The Morgan fingerprint density at radius 3 is 2.52 bits per heavy atom. The normalized spacial score (nSPS) is 24.2. The summed E-state index contributed by atoms with van der Waals surface area (Å²) in [6.07, 6.45) is -4.34. The molecule has 1 amide bonds. The topological polar surface area (TPSA) is 23.6 Å². The van der Waals surface area contributed by atoms with Crippen molar-refractivity contribution in [3.63, 3.8) is 0 Å². The molecule has 0 bridgehead atoms. The van der Waals surface area contributed by atoms with Crippen LogP contribution in [0.4, 0.5) is 13.2 Å². The van der Waals surface area contributed by atoms with Crippen molar-refractivity contribution in [1.82, 2.24) is 9.80 Å². The number of carbonyl (C=O) groups excluding carboxylic acids is 1. The van der Waals surface area contributed by atoms with Crippen LogP contribution in [0.1, 0.15) is 22.8 Å². The van der Waals surface area contributed by atoms with E-state index in [9.17, 15) is 18.0 Å². The van der Waals surface area contributed by atoms with Gasteiger partial charge in [0.2, 0.25) is 0 Å². The first-order valence-electron chi connectivity index (χ1n) is 6.84. The number of carbonyl (C=O) groups is 1. The number of hydrogen-bond acceptors (Lipinski definition) is 2. The van der Waals surface area contributed by atoms with E-state index in [-0.39, 0.29) is 18.5 Å². The second kappa shape index (κ2) is 5.67. The molecule has 3 nitrogen and oxygen atoms in total. The van der Waals surface area contributed by atoms with E-state index in [0.717, 1.165) is 5.56 Å². The lowest BCUT2D eigenvalue weighted by Crippen LogP contribution is -2.62. The maximum Gasteiger partial charge on any atom is 0.405 e. The minimum atomic E-state index is -4.34. The van der Waals surface area contributed by atoms with Crippen LogP contribution in [0.3, 0.4) is 0 Å². The standard InChI is InChI=1S/C15H19F3N2O/c1-10-5-4-6-12(7-10)14(21)20-8-11(2)19(3)13(9-20)15(16,17)18/h4-7,11,13H,8-9H2,1-3H3. The van der Waals surface area contributed by atoms with Crippen molar-refractivity contribution in [1.29, 1.82) is 0 Å². The lowest BCUT2D eigenvalue weighted by Gasteiger charge is -2.44. The van der Waals surface area contributed by atoms with Crippen LogP contribution in [0, 0.1) is 6.92 Å². The van der Waals surface area contributed by atoms with Gasteiger partial charge < -0.3 is 4.90 Å². The molecule has 0 N–H and O–H groups in total. The number of alkyl halides is 3. The van der Waals surface area contributed by atoms with E-state index < -0.39 is 12.2 Å². The molecule has 0 radical (unpaired) electrons. The van der Waals surface area contributed by atoms with E-state index in [1.165, 1.54) is 16.8 Å². The largest absolute Gasteiger partial charge is 0.405 e. The Hall–Kier alpha value is -1.56. The monoisotopic (exact) mass is 300 g/mol. The van der Waals surface area contributed by atoms with Crippen LogP contribution in [0.5, 0.6) is 0 Å². The number of amides is 1. The summed E-state index contributed by atoms with van der Waals surface area (Å²) < 4.78 is 39.3. The summed E-state index contributed by atoms with van der Waals surface area (Å²) in [5, 5.41) is 0. The van der Waals surface area contributed by atoms with Crippen LogP contribution in [-0.4, -0.2) is 54.1 Å². The molecule has 116 valence electrons. The molecule has 0 saturated carbocycles. The molecule has 0 aliphatic carbocycles. The molecule has 0 aromatic heterocycles. The number of hydrogen-bond donors (Lipinski definition) is 0. The SMILES string of the molecule is Cc1cccc(C(=O)N2CC(C)N(C)C(C(F)(F)F)C2)c1. The zero-order valence-corrected chi connectivity index (χ0v) is 12.3. The summed E-state index contributed by atoms with van der Waals surface area (Å²) in [7, 11) is 1.46. The van der Waals surface area contributed by atoms with E-state index in [4.69, 9.17) is 0 Å². The minimum Gasteiger partial charge on any atom is -0.335 e. The van der Waals surface area contributed by atoms with Crippen LogP contribution in [0.25, 0.3) is 0 Å². The Morgan fingerprint density at radius 1 is 1.29 bits per heavy atom. The van der Waals surface area contributed by atoms with E-state index in [0.29, 0.717) is 12.1 Å². The van der Waals surface area contributed by atoms with Crippen molar-refractivity contribution in [2.75, 3.05) is 20.1 Å². The average Bonchev–Trinajstić information content (AvgIpc) is 2.39. The summed E-state index contributed by atoms with van der Waals surface area (Å²) in [4.78, 5) is 15.0. The third-order valence-corrected chi connectivity index (χ3v) is 3.99. The van der Waals surface area contributed by atoms with Gasteiger partial charge in [0.25, 0.3) is 5.91 Å². The molecule has 2 rings (SSSR count). The number of aryl methyl sites for hydroxylation is 1. The van der Waals surface area contributed by atoms with Crippen molar-refractivity contribution in [3.05, 3.63) is 35.4 Å². The van der Waals surface area contributed by atoms with E-state index in [1.54, 1.807) is 25.1 Å². The highest BCUT2D eigenvalue weighted by molar-refractivity contribution is 5.94. The van der Waals surface area contributed by atoms with Crippen molar-refractivity contribution in [2.24, 2.45) is 0 Å². The Kier molecular flexibility index (Phi) is 4.27. The van der Waals surface area contributed by atoms with E-state index >= 15 is 0 Å². The van der Waals surface area contributed by atoms with Crippen LogP contribution < -0.4 is 0 Å². The van der Waals surface area contributed by atoms with Crippen molar-refractivity contribution in [3.8, 4) is 0 Å². The molecule has 1 fully saturated rings. The van der Waals surface area contributed by atoms with E-state index in [1.807, 2.05) is 13.0 Å². The summed E-state index contributed by atoms with van der Waals surface area (Å²) in [6.45, 7) is 3.53. The first kappa shape index (κ1) is 15.8. The molecule has 1 aliphatic heterocycles. The molecule has 6 heteroatoms. The fraction of sp³-hybridized carbons (Fsp3) is 0.533. The van der Waals surface area contributed by atoms with Crippen molar-refractivity contribution in [2.45, 2.75) is 32.1 Å². The smallest absolute Gasteiger partial charge is 0.335 e. The second-order valence-corrected chi connectivity index (χ2v) is 5.65. The third-order valence-electron chi connectivity index (χ3n) is 3.99.